The molecular formula is C15H23N3O3. The summed E-state index contributed by atoms with van der Waals surface area (Å²) < 4.78 is 4.86. The maximum atomic E-state index is 12.2. The zero-order chi connectivity index (χ0) is 15.7. The van der Waals surface area contributed by atoms with Crippen molar-refractivity contribution in [2.45, 2.75) is 25.9 Å². The Kier molecular flexibility index (Phi) is 7.25. The standard InChI is InChI=1S/C15H23N3O3/c1-11(2)17-14(19)13(12-7-5-4-6-8-12)18-15(20)16-9-10-21-3/h4-8,11,13H,9-10H2,1-3H3,(H,17,19)(H2,16,18,20)/t13-/m0/s1. The highest BCUT2D eigenvalue weighted by molar-refractivity contribution is 5.88. The predicted octanol–water partition coefficient (Wildman–Crippen LogP) is 1.20. The normalized spacial score (nSPS) is 11.8. The summed E-state index contributed by atoms with van der Waals surface area (Å²) in [6.07, 6.45) is 0. The molecule has 0 heterocycles. The molecule has 0 aliphatic rings. The molecule has 0 aliphatic heterocycles. The number of benzene rings is 1. The number of rotatable bonds is 7. The quantitative estimate of drug-likeness (QED) is 0.661. The Hall–Kier alpha value is -2.08. The van der Waals surface area contributed by atoms with Crippen LogP contribution >= 0.6 is 0 Å². The molecule has 0 aliphatic carbocycles. The lowest BCUT2D eigenvalue weighted by molar-refractivity contribution is -0.123. The molecule has 0 spiro atoms. The van der Waals surface area contributed by atoms with Gasteiger partial charge < -0.3 is 20.7 Å². The van der Waals surface area contributed by atoms with Crippen LogP contribution in [-0.2, 0) is 9.53 Å². The summed E-state index contributed by atoms with van der Waals surface area (Å²) in [5, 5.41) is 8.12. The number of urea groups is 1. The fourth-order valence-corrected chi connectivity index (χ4v) is 1.76. The van der Waals surface area contributed by atoms with Gasteiger partial charge in [0.05, 0.1) is 6.61 Å². The summed E-state index contributed by atoms with van der Waals surface area (Å²) in [7, 11) is 1.56. The third kappa shape index (κ3) is 6.27. The van der Waals surface area contributed by atoms with E-state index in [1.54, 1.807) is 19.2 Å². The summed E-state index contributed by atoms with van der Waals surface area (Å²) in [5.41, 5.74) is 0.734. The Morgan fingerprint density at radius 1 is 1.14 bits per heavy atom. The summed E-state index contributed by atoms with van der Waals surface area (Å²) in [6, 6.07) is 8.00. The van der Waals surface area contributed by atoms with Crippen molar-refractivity contribution in [2.24, 2.45) is 0 Å². The largest absolute Gasteiger partial charge is 0.383 e. The molecule has 0 saturated carbocycles. The molecule has 6 heteroatoms. The molecule has 0 aromatic heterocycles. The Balaban J connectivity index is 2.73. The van der Waals surface area contributed by atoms with Crippen molar-refractivity contribution in [3.8, 4) is 0 Å². The van der Waals surface area contributed by atoms with E-state index in [1.165, 1.54) is 0 Å². The lowest BCUT2D eigenvalue weighted by atomic mass is 10.1. The number of carbonyl (C=O) groups excluding carboxylic acids is 2. The molecule has 1 aromatic carbocycles. The Bertz CT molecular complexity index is 449. The smallest absolute Gasteiger partial charge is 0.315 e. The van der Waals surface area contributed by atoms with Crippen LogP contribution in [0.1, 0.15) is 25.5 Å². The van der Waals surface area contributed by atoms with E-state index in [0.29, 0.717) is 13.2 Å². The fraction of sp³-hybridized carbons (Fsp3) is 0.467. The number of methoxy groups -OCH3 is 1. The fourth-order valence-electron chi connectivity index (χ4n) is 1.76. The van der Waals surface area contributed by atoms with Crippen molar-refractivity contribution in [3.05, 3.63) is 35.9 Å². The van der Waals surface area contributed by atoms with E-state index in [-0.39, 0.29) is 11.9 Å². The summed E-state index contributed by atoms with van der Waals surface area (Å²) in [5.74, 6) is -0.238. The van der Waals surface area contributed by atoms with E-state index < -0.39 is 12.1 Å². The lowest BCUT2D eigenvalue weighted by Crippen LogP contribution is -2.46. The molecule has 0 unspecified atom stereocenters. The van der Waals surface area contributed by atoms with Crippen molar-refractivity contribution < 1.29 is 14.3 Å². The van der Waals surface area contributed by atoms with E-state index in [2.05, 4.69) is 16.0 Å². The first kappa shape index (κ1) is 17.0. The molecule has 0 radical (unpaired) electrons. The predicted molar refractivity (Wildman–Crippen MR) is 80.9 cm³/mol. The average Bonchev–Trinajstić information content (AvgIpc) is 2.45. The highest BCUT2D eigenvalue weighted by Crippen LogP contribution is 2.12. The van der Waals surface area contributed by atoms with Crippen LogP contribution in [0, 0.1) is 0 Å². The van der Waals surface area contributed by atoms with E-state index in [0.717, 1.165) is 5.56 Å². The van der Waals surface area contributed by atoms with Gasteiger partial charge in [-0.3, -0.25) is 4.79 Å². The molecule has 21 heavy (non-hydrogen) atoms. The molecule has 1 atom stereocenters. The van der Waals surface area contributed by atoms with Crippen LogP contribution in [-0.4, -0.2) is 38.2 Å². The van der Waals surface area contributed by atoms with E-state index >= 15 is 0 Å². The van der Waals surface area contributed by atoms with Gasteiger partial charge in [0.2, 0.25) is 5.91 Å². The number of hydrogen-bond donors (Lipinski definition) is 3. The number of nitrogens with one attached hydrogen (secondary N) is 3. The van der Waals surface area contributed by atoms with Crippen molar-refractivity contribution in [3.63, 3.8) is 0 Å². The van der Waals surface area contributed by atoms with Gasteiger partial charge in [0, 0.05) is 19.7 Å². The molecule has 116 valence electrons. The van der Waals surface area contributed by atoms with Crippen molar-refractivity contribution in [1.82, 2.24) is 16.0 Å². The van der Waals surface area contributed by atoms with Gasteiger partial charge in [0.25, 0.3) is 0 Å². The van der Waals surface area contributed by atoms with Crippen LogP contribution in [0.15, 0.2) is 30.3 Å². The number of ether oxygens (including phenoxy) is 1. The van der Waals surface area contributed by atoms with Gasteiger partial charge in [0.1, 0.15) is 6.04 Å². The molecule has 3 N–H and O–H groups in total. The van der Waals surface area contributed by atoms with Gasteiger partial charge in [0.15, 0.2) is 0 Å². The van der Waals surface area contributed by atoms with Gasteiger partial charge in [-0.25, -0.2) is 4.79 Å². The Morgan fingerprint density at radius 2 is 1.81 bits per heavy atom. The van der Waals surface area contributed by atoms with E-state index in [1.807, 2.05) is 32.0 Å². The van der Waals surface area contributed by atoms with Crippen LogP contribution in [0.25, 0.3) is 0 Å². The molecule has 3 amide bonds. The minimum absolute atomic E-state index is 0.00191. The van der Waals surface area contributed by atoms with Crippen molar-refractivity contribution in [2.75, 3.05) is 20.3 Å². The Morgan fingerprint density at radius 3 is 2.38 bits per heavy atom. The third-order valence-electron chi connectivity index (χ3n) is 2.69. The first-order valence-electron chi connectivity index (χ1n) is 6.93. The summed E-state index contributed by atoms with van der Waals surface area (Å²) in [6.45, 7) is 4.55. The zero-order valence-corrected chi connectivity index (χ0v) is 12.7. The molecule has 0 saturated heterocycles. The van der Waals surface area contributed by atoms with Crippen LogP contribution < -0.4 is 16.0 Å². The highest BCUT2D eigenvalue weighted by atomic mass is 16.5. The summed E-state index contributed by atoms with van der Waals surface area (Å²) >= 11 is 0. The van der Waals surface area contributed by atoms with Gasteiger partial charge >= 0.3 is 6.03 Å². The second kappa shape index (κ2) is 8.97. The second-order valence-corrected chi connectivity index (χ2v) is 4.90. The second-order valence-electron chi connectivity index (χ2n) is 4.90. The SMILES string of the molecule is COCCNC(=O)N[C@H](C(=O)NC(C)C)c1ccccc1. The van der Waals surface area contributed by atoms with Crippen LogP contribution in [0.3, 0.4) is 0 Å². The molecule has 6 nitrogen and oxygen atoms in total. The van der Waals surface area contributed by atoms with E-state index in [9.17, 15) is 9.59 Å². The number of carbonyl (C=O) groups is 2. The van der Waals surface area contributed by atoms with Gasteiger partial charge in [-0.1, -0.05) is 30.3 Å². The minimum Gasteiger partial charge on any atom is -0.383 e. The summed E-state index contributed by atoms with van der Waals surface area (Å²) in [4.78, 5) is 24.1. The molecule has 0 fully saturated rings. The Labute approximate surface area is 125 Å². The zero-order valence-electron chi connectivity index (χ0n) is 12.7. The van der Waals surface area contributed by atoms with Crippen LogP contribution in [0.4, 0.5) is 4.79 Å². The highest BCUT2D eigenvalue weighted by Gasteiger charge is 2.22. The van der Waals surface area contributed by atoms with Crippen molar-refractivity contribution in [1.29, 1.82) is 0 Å². The topological polar surface area (TPSA) is 79.5 Å². The van der Waals surface area contributed by atoms with Crippen molar-refractivity contribution >= 4 is 11.9 Å². The first-order valence-corrected chi connectivity index (χ1v) is 6.93. The monoisotopic (exact) mass is 293 g/mol. The maximum absolute atomic E-state index is 12.2. The van der Waals surface area contributed by atoms with Gasteiger partial charge in [-0.2, -0.15) is 0 Å². The molecule has 0 bridgehead atoms. The first-order chi connectivity index (χ1) is 10.0. The number of hydrogen-bond acceptors (Lipinski definition) is 3. The van der Waals surface area contributed by atoms with Crippen LogP contribution in [0.5, 0.6) is 0 Å². The third-order valence-corrected chi connectivity index (χ3v) is 2.69. The minimum atomic E-state index is -0.726. The van der Waals surface area contributed by atoms with Gasteiger partial charge in [-0.15, -0.1) is 0 Å². The van der Waals surface area contributed by atoms with Gasteiger partial charge in [-0.05, 0) is 19.4 Å². The molecule has 1 rings (SSSR count). The number of amides is 3. The van der Waals surface area contributed by atoms with E-state index in [4.69, 9.17) is 4.74 Å². The lowest BCUT2D eigenvalue weighted by Gasteiger charge is -2.20. The maximum Gasteiger partial charge on any atom is 0.315 e. The average molecular weight is 293 g/mol. The van der Waals surface area contributed by atoms with Crippen LogP contribution in [0.2, 0.25) is 0 Å². The molecule has 1 aromatic rings. The molecular weight excluding hydrogens is 270 g/mol.